The van der Waals surface area contributed by atoms with Crippen LogP contribution in [0.1, 0.15) is 26.3 Å². The van der Waals surface area contributed by atoms with E-state index in [1.807, 2.05) is 6.07 Å². The maximum Gasteiger partial charge on any atom is 0.407 e. The van der Waals surface area contributed by atoms with Gasteiger partial charge in [0.05, 0.1) is 11.4 Å². The number of hydrogen-bond donors (Lipinski definition) is 1. The average molecular weight is 414 g/mol. The summed E-state index contributed by atoms with van der Waals surface area (Å²) in [6.07, 6.45) is 2.75. The molecule has 7 heteroatoms. The second kappa shape index (κ2) is 8.57. The fourth-order valence-electron chi connectivity index (χ4n) is 2.68. The van der Waals surface area contributed by atoms with Crippen molar-refractivity contribution in [2.24, 2.45) is 0 Å². The van der Waals surface area contributed by atoms with Crippen LogP contribution in [-0.4, -0.2) is 21.7 Å². The zero-order valence-corrected chi connectivity index (χ0v) is 17.1. The van der Waals surface area contributed by atoms with Gasteiger partial charge in [-0.25, -0.2) is 9.18 Å². The Morgan fingerprint density at radius 1 is 1.10 bits per heavy atom. The lowest BCUT2D eigenvalue weighted by Gasteiger charge is -2.20. The Morgan fingerprint density at radius 2 is 1.83 bits per heavy atom. The molecule has 0 bridgehead atoms. The van der Waals surface area contributed by atoms with Crippen LogP contribution in [0.3, 0.4) is 0 Å². The third kappa shape index (κ3) is 5.74. The van der Waals surface area contributed by atoms with Gasteiger partial charge in [0.15, 0.2) is 0 Å². The van der Waals surface area contributed by atoms with E-state index < -0.39 is 11.7 Å². The number of aromatic nitrogens is 2. The van der Waals surface area contributed by atoms with Crippen LogP contribution in [0.25, 0.3) is 22.5 Å². The molecule has 1 N–H and O–H groups in total. The summed E-state index contributed by atoms with van der Waals surface area (Å²) in [7, 11) is 0. The fraction of sp³-hybridized carbons (Fsp3) is 0.227. The summed E-state index contributed by atoms with van der Waals surface area (Å²) in [4.78, 5) is 20.9. The maximum atomic E-state index is 13.3. The van der Waals surface area contributed by atoms with Crippen LogP contribution in [0.2, 0.25) is 5.02 Å². The summed E-state index contributed by atoms with van der Waals surface area (Å²) < 4.78 is 18.5. The molecule has 0 radical (unpaired) electrons. The number of nitrogens with one attached hydrogen (secondary N) is 1. The fourth-order valence-corrected chi connectivity index (χ4v) is 2.83. The summed E-state index contributed by atoms with van der Waals surface area (Å²) in [6.45, 7) is 5.60. The highest BCUT2D eigenvalue weighted by Crippen LogP contribution is 2.28. The SMILES string of the molecule is CC(C)(C)OC(=O)NCc1cnc(-c2ccc(F)cc2)cc1-c1cc(Cl)ccn1. The monoisotopic (exact) mass is 413 g/mol. The standard InChI is InChI=1S/C22H21ClFN3O2/c1-22(2,3)29-21(28)27-13-15-12-26-19(14-4-6-17(24)7-5-14)11-18(15)20-10-16(23)8-9-25-20/h4-12H,13H2,1-3H3,(H,27,28). The third-order valence-electron chi connectivity index (χ3n) is 3.95. The molecule has 0 spiro atoms. The summed E-state index contributed by atoms with van der Waals surface area (Å²) in [5.74, 6) is -0.316. The third-order valence-corrected chi connectivity index (χ3v) is 4.18. The summed E-state index contributed by atoms with van der Waals surface area (Å²) in [6, 6.07) is 11.3. The lowest BCUT2D eigenvalue weighted by Crippen LogP contribution is -2.32. The number of nitrogens with zero attached hydrogens (tertiary/aromatic N) is 2. The van der Waals surface area contributed by atoms with Crippen molar-refractivity contribution < 1.29 is 13.9 Å². The first-order valence-corrected chi connectivity index (χ1v) is 9.43. The van der Waals surface area contributed by atoms with Gasteiger partial charge in [0, 0.05) is 35.1 Å². The molecule has 1 amide bonds. The van der Waals surface area contributed by atoms with Crippen LogP contribution in [0, 0.1) is 5.82 Å². The van der Waals surface area contributed by atoms with E-state index in [-0.39, 0.29) is 12.4 Å². The summed E-state index contributed by atoms with van der Waals surface area (Å²) >= 11 is 6.13. The minimum Gasteiger partial charge on any atom is -0.444 e. The largest absolute Gasteiger partial charge is 0.444 e. The molecular weight excluding hydrogens is 393 g/mol. The maximum absolute atomic E-state index is 13.3. The minimum absolute atomic E-state index is 0.204. The zero-order valence-electron chi connectivity index (χ0n) is 16.4. The predicted molar refractivity (Wildman–Crippen MR) is 111 cm³/mol. The van der Waals surface area contributed by atoms with Crippen LogP contribution in [0.15, 0.2) is 54.9 Å². The highest BCUT2D eigenvalue weighted by atomic mass is 35.5. The van der Waals surface area contributed by atoms with Gasteiger partial charge < -0.3 is 10.1 Å². The number of carbonyl (C=O) groups is 1. The van der Waals surface area contributed by atoms with Gasteiger partial charge in [0.2, 0.25) is 0 Å². The van der Waals surface area contributed by atoms with E-state index in [0.717, 1.165) is 16.7 Å². The van der Waals surface area contributed by atoms with Gasteiger partial charge in [-0.15, -0.1) is 0 Å². The van der Waals surface area contributed by atoms with E-state index in [2.05, 4.69) is 15.3 Å². The molecule has 2 aromatic heterocycles. The number of benzene rings is 1. The molecule has 3 rings (SSSR count). The van der Waals surface area contributed by atoms with Gasteiger partial charge in [-0.1, -0.05) is 11.6 Å². The normalized spacial score (nSPS) is 11.2. The van der Waals surface area contributed by atoms with Gasteiger partial charge in [0.1, 0.15) is 11.4 Å². The second-order valence-corrected chi connectivity index (χ2v) is 7.88. The lowest BCUT2D eigenvalue weighted by molar-refractivity contribution is 0.0523. The quantitative estimate of drug-likeness (QED) is 0.602. The van der Waals surface area contributed by atoms with Crippen molar-refractivity contribution in [3.8, 4) is 22.5 Å². The van der Waals surface area contributed by atoms with E-state index in [1.54, 1.807) is 57.4 Å². The Morgan fingerprint density at radius 3 is 2.48 bits per heavy atom. The molecule has 2 heterocycles. The molecule has 0 saturated carbocycles. The smallest absolute Gasteiger partial charge is 0.407 e. The van der Waals surface area contributed by atoms with E-state index in [4.69, 9.17) is 16.3 Å². The molecule has 0 atom stereocenters. The van der Waals surface area contributed by atoms with Crippen molar-refractivity contribution in [2.45, 2.75) is 32.9 Å². The molecule has 5 nitrogen and oxygen atoms in total. The number of ether oxygens (including phenoxy) is 1. The van der Waals surface area contributed by atoms with E-state index in [0.29, 0.717) is 16.4 Å². The molecule has 0 aliphatic carbocycles. The van der Waals surface area contributed by atoms with Gasteiger partial charge >= 0.3 is 6.09 Å². The number of carbonyl (C=O) groups excluding carboxylic acids is 1. The highest BCUT2D eigenvalue weighted by Gasteiger charge is 2.17. The molecule has 0 saturated heterocycles. The van der Waals surface area contributed by atoms with Gasteiger partial charge in [-0.2, -0.15) is 0 Å². The van der Waals surface area contributed by atoms with Gasteiger partial charge in [-0.05, 0) is 68.8 Å². The van der Waals surface area contributed by atoms with Crippen LogP contribution >= 0.6 is 11.6 Å². The van der Waals surface area contributed by atoms with Crippen LogP contribution in [0.4, 0.5) is 9.18 Å². The number of alkyl carbamates (subject to hydrolysis) is 1. The molecule has 29 heavy (non-hydrogen) atoms. The highest BCUT2D eigenvalue weighted by molar-refractivity contribution is 6.30. The van der Waals surface area contributed by atoms with E-state index in [1.165, 1.54) is 12.1 Å². The molecule has 0 fully saturated rings. The molecule has 0 aliphatic rings. The summed E-state index contributed by atoms with van der Waals surface area (Å²) in [5, 5.41) is 3.28. The Labute approximate surface area is 173 Å². The number of halogens is 2. The molecule has 0 aliphatic heterocycles. The minimum atomic E-state index is -0.591. The van der Waals surface area contributed by atoms with E-state index in [9.17, 15) is 9.18 Å². The Bertz CT molecular complexity index is 1020. The van der Waals surface area contributed by atoms with Crippen molar-refractivity contribution in [1.29, 1.82) is 0 Å². The van der Waals surface area contributed by atoms with Crippen molar-refractivity contribution in [3.63, 3.8) is 0 Å². The average Bonchev–Trinajstić information content (AvgIpc) is 2.65. The first-order valence-electron chi connectivity index (χ1n) is 9.05. The number of rotatable bonds is 4. The molecule has 3 aromatic rings. The second-order valence-electron chi connectivity index (χ2n) is 7.45. The van der Waals surface area contributed by atoms with Crippen molar-refractivity contribution in [3.05, 3.63) is 71.3 Å². The van der Waals surface area contributed by atoms with Gasteiger partial charge in [-0.3, -0.25) is 9.97 Å². The summed E-state index contributed by atoms with van der Waals surface area (Å²) in [5.41, 5.74) is 2.98. The van der Waals surface area contributed by atoms with Crippen LogP contribution < -0.4 is 5.32 Å². The number of pyridine rings is 2. The van der Waals surface area contributed by atoms with Crippen molar-refractivity contribution >= 4 is 17.7 Å². The number of hydrogen-bond acceptors (Lipinski definition) is 4. The first-order chi connectivity index (χ1) is 13.7. The topological polar surface area (TPSA) is 64.1 Å². The Hall–Kier alpha value is -2.99. The number of amides is 1. The first kappa shape index (κ1) is 20.7. The predicted octanol–water partition coefficient (Wildman–Crippen LogP) is 5.63. The Kier molecular flexibility index (Phi) is 6.13. The van der Waals surface area contributed by atoms with Crippen LogP contribution in [-0.2, 0) is 11.3 Å². The van der Waals surface area contributed by atoms with Crippen molar-refractivity contribution in [1.82, 2.24) is 15.3 Å². The van der Waals surface area contributed by atoms with Crippen molar-refractivity contribution in [2.75, 3.05) is 0 Å². The Balaban J connectivity index is 1.95. The molecular formula is C22H21ClFN3O2. The molecule has 1 aromatic carbocycles. The lowest BCUT2D eigenvalue weighted by atomic mass is 10.0. The molecule has 0 unspecified atom stereocenters. The van der Waals surface area contributed by atoms with E-state index >= 15 is 0 Å². The zero-order chi connectivity index (χ0) is 21.0. The molecule has 150 valence electrons. The van der Waals surface area contributed by atoms with Gasteiger partial charge in [0.25, 0.3) is 0 Å². The van der Waals surface area contributed by atoms with Crippen LogP contribution in [0.5, 0.6) is 0 Å².